The SMILES string of the molecule is CCCC(C)NC(C)Cn1ccnc1. The van der Waals surface area contributed by atoms with Crippen LogP contribution in [-0.4, -0.2) is 21.6 Å². The molecule has 14 heavy (non-hydrogen) atoms. The molecule has 1 heterocycles. The van der Waals surface area contributed by atoms with Crippen molar-refractivity contribution in [3.63, 3.8) is 0 Å². The van der Waals surface area contributed by atoms with Crippen molar-refractivity contribution in [2.24, 2.45) is 0 Å². The van der Waals surface area contributed by atoms with Gasteiger partial charge in [0.05, 0.1) is 6.33 Å². The molecular weight excluding hydrogens is 174 g/mol. The highest BCUT2D eigenvalue weighted by atomic mass is 15.1. The number of nitrogens with zero attached hydrogens (tertiary/aromatic N) is 2. The minimum atomic E-state index is 0.505. The molecule has 0 fully saturated rings. The molecule has 1 N–H and O–H groups in total. The maximum absolute atomic E-state index is 4.03. The molecule has 2 atom stereocenters. The van der Waals surface area contributed by atoms with Crippen LogP contribution in [0.25, 0.3) is 0 Å². The fourth-order valence-electron chi connectivity index (χ4n) is 1.77. The molecule has 3 nitrogen and oxygen atoms in total. The van der Waals surface area contributed by atoms with Gasteiger partial charge in [-0.2, -0.15) is 0 Å². The molecule has 3 heteroatoms. The van der Waals surface area contributed by atoms with Crippen molar-refractivity contribution >= 4 is 0 Å². The van der Waals surface area contributed by atoms with Gasteiger partial charge in [0.1, 0.15) is 0 Å². The van der Waals surface area contributed by atoms with Crippen LogP contribution < -0.4 is 5.32 Å². The topological polar surface area (TPSA) is 29.9 Å². The monoisotopic (exact) mass is 195 g/mol. The minimum Gasteiger partial charge on any atom is -0.336 e. The average molecular weight is 195 g/mol. The van der Waals surface area contributed by atoms with Crippen LogP contribution >= 0.6 is 0 Å². The summed E-state index contributed by atoms with van der Waals surface area (Å²) in [5.41, 5.74) is 0. The van der Waals surface area contributed by atoms with E-state index >= 15 is 0 Å². The van der Waals surface area contributed by atoms with Gasteiger partial charge in [0.15, 0.2) is 0 Å². The highest BCUT2D eigenvalue weighted by Gasteiger charge is 2.06. The van der Waals surface area contributed by atoms with Crippen molar-refractivity contribution < 1.29 is 0 Å². The van der Waals surface area contributed by atoms with Crippen LogP contribution in [-0.2, 0) is 6.54 Å². The van der Waals surface area contributed by atoms with Gasteiger partial charge in [-0.1, -0.05) is 13.3 Å². The molecule has 0 aliphatic carbocycles. The summed E-state index contributed by atoms with van der Waals surface area (Å²) < 4.78 is 2.11. The van der Waals surface area contributed by atoms with Crippen molar-refractivity contribution in [2.75, 3.05) is 0 Å². The second-order valence-corrected chi connectivity index (χ2v) is 4.02. The van der Waals surface area contributed by atoms with Crippen LogP contribution in [0.1, 0.15) is 33.6 Å². The smallest absolute Gasteiger partial charge is 0.0946 e. The molecule has 0 amide bonds. The maximum Gasteiger partial charge on any atom is 0.0946 e. The van der Waals surface area contributed by atoms with Crippen LogP contribution in [0.4, 0.5) is 0 Å². The fraction of sp³-hybridized carbons (Fsp3) is 0.727. The lowest BCUT2D eigenvalue weighted by molar-refractivity contribution is 0.406. The third-order valence-electron chi connectivity index (χ3n) is 2.33. The van der Waals surface area contributed by atoms with Crippen LogP contribution in [0.5, 0.6) is 0 Å². The molecule has 0 saturated carbocycles. The lowest BCUT2D eigenvalue weighted by Gasteiger charge is -2.19. The van der Waals surface area contributed by atoms with Crippen LogP contribution in [0.3, 0.4) is 0 Å². The Labute approximate surface area is 86.5 Å². The predicted molar refractivity (Wildman–Crippen MR) is 59.2 cm³/mol. The standard InChI is InChI=1S/C11H21N3/c1-4-5-10(2)13-11(3)8-14-7-6-12-9-14/h6-7,9-11,13H,4-5,8H2,1-3H3. The summed E-state index contributed by atoms with van der Waals surface area (Å²) in [6, 6.07) is 1.12. The molecule has 2 unspecified atom stereocenters. The Hall–Kier alpha value is -0.830. The van der Waals surface area contributed by atoms with Crippen LogP contribution in [0.2, 0.25) is 0 Å². The van der Waals surface area contributed by atoms with Crippen LogP contribution in [0, 0.1) is 0 Å². The summed E-state index contributed by atoms with van der Waals surface area (Å²) in [4.78, 5) is 4.03. The van der Waals surface area contributed by atoms with Gasteiger partial charge >= 0.3 is 0 Å². The van der Waals surface area contributed by atoms with E-state index in [1.807, 2.05) is 18.7 Å². The van der Waals surface area contributed by atoms with Gasteiger partial charge < -0.3 is 9.88 Å². The van der Waals surface area contributed by atoms with E-state index in [1.54, 1.807) is 0 Å². The normalized spacial score (nSPS) is 15.4. The van der Waals surface area contributed by atoms with E-state index in [2.05, 4.69) is 35.6 Å². The van der Waals surface area contributed by atoms with Crippen molar-refractivity contribution in [3.8, 4) is 0 Å². The zero-order valence-corrected chi connectivity index (χ0v) is 9.40. The first-order valence-electron chi connectivity index (χ1n) is 5.44. The quantitative estimate of drug-likeness (QED) is 0.753. The average Bonchev–Trinajstić information content (AvgIpc) is 2.56. The van der Waals surface area contributed by atoms with Gasteiger partial charge in [-0.3, -0.25) is 0 Å². The Kier molecular flexibility index (Phi) is 4.66. The highest BCUT2D eigenvalue weighted by Crippen LogP contribution is 1.98. The Morgan fingerprint density at radius 2 is 2.14 bits per heavy atom. The molecule has 80 valence electrons. The van der Waals surface area contributed by atoms with Crippen molar-refractivity contribution in [2.45, 2.75) is 52.2 Å². The Balaban J connectivity index is 2.25. The van der Waals surface area contributed by atoms with E-state index in [9.17, 15) is 0 Å². The molecule has 0 spiro atoms. The molecule has 1 aromatic heterocycles. The Bertz CT molecular complexity index is 231. The predicted octanol–water partition coefficient (Wildman–Crippen LogP) is 2.05. The van der Waals surface area contributed by atoms with Gasteiger partial charge in [-0.15, -0.1) is 0 Å². The Morgan fingerprint density at radius 1 is 1.36 bits per heavy atom. The minimum absolute atomic E-state index is 0.505. The van der Waals surface area contributed by atoms with Gasteiger partial charge in [0.25, 0.3) is 0 Å². The summed E-state index contributed by atoms with van der Waals surface area (Å²) >= 11 is 0. The first kappa shape index (κ1) is 11.2. The van der Waals surface area contributed by atoms with Gasteiger partial charge in [0.2, 0.25) is 0 Å². The molecule has 0 radical (unpaired) electrons. The zero-order valence-electron chi connectivity index (χ0n) is 9.40. The molecule has 1 aromatic rings. The number of nitrogens with one attached hydrogen (secondary N) is 1. The van der Waals surface area contributed by atoms with E-state index in [4.69, 9.17) is 0 Å². The third-order valence-corrected chi connectivity index (χ3v) is 2.33. The molecule has 0 saturated heterocycles. The number of rotatable bonds is 6. The molecule has 1 rings (SSSR count). The lowest BCUT2D eigenvalue weighted by atomic mass is 10.2. The summed E-state index contributed by atoms with van der Waals surface area (Å²) in [5.74, 6) is 0. The van der Waals surface area contributed by atoms with E-state index in [0.717, 1.165) is 6.54 Å². The highest BCUT2D eigenvalue weighted by molar-refractivity contribution is 4.77. The molecule has 0 bridgehead atoms. The molecule has 0 aliphatic heterocycles. The molecular formula is C11H21N3. The number of imidazole rings is 1. The second-order valence-electron chi connectivity index (χ2n) is 4.02. The lowest BCUT2D eigenvalue weighted by Crippen LogP contribution is -2.36. The first-order chi connectivity index (χ1) is 6.72. The maximum atomic E-state index is 4.03. The number of aromatic nitrogens is 2. The van der Waals surface area contributed by atoms with Gasteiger partial charge in [0, 0.05) is 31.0 Å². The Morgan fingerprint density at radius 3 is 2.71 bits per heavy atom. The first-order valence-corrected chi connectivity index (χ1v) is 5.44. The van der Waals surface area contributed by atoms with E-state index in [1.165, 1.54) is 12.8 Å². The summed E-state index contributed by atoms with van der Waals surface area (Å²) in [7, 11) is 0. The molecule has 0 aliphatic rings. The van der Waals surface area contributed by atoms with E-state index in [-0.39, 0.29) is 0 Å². The summed E-state index contributed by atoms with van der Waals surface area (Å²) in [5, 5.41) is 3.57. The van der Waals surface area contributed by atoms with Crippen molar-refractivity contribution in [1.29, 1.82) is 0 Å². The van der Waals surface area contributed by atoms with Crippen LogP contribution in [0.15, 0.2) is 18.7 Å². The summed E-state index contributed by atoms with van der Waals surface area (Å²) in [6.07, 6.45) is 8.17. The zero-order chi connectivity index (χ0) is 10.4. The largest absolute Gasteiger partial charge is 0.336 e. The number of hydrogen-bond acceptors (Lipinski definition) is 2. The molecule has 0 aromatic carbocycles. The third kappa shape index (κ3) is 3.92. The second kappa shape index (κ2) is 5.81. The van der Waals surface area contributed by atoms with Crippen molar-refractivity contribution in [3.05, 3.63) is 18.7 Å². The fourth-order valence-corrected chi connectivity index (χ4v) is 1.77. The van der Waals surface area contributed by atoms with Gasteiger partial charge in [-0.25, -0.2) is 4.98 Å². The van der Waals surface area contributed by atoms with E-state index < -0.39 is 0 Å². The van der Waals surface area contributed by atoms with Crippen molar-refractivity contribution in [1.82, 2.24) is 14.9 Å². The van der Waals surface area contributed by atoms with E-state index in [0.29, 0.717) is 12.1 Å². The summed E-state index contributed by atoms with van der Waals surface area (Å²) in [6.45, 7) is 7.67. The number of hydrogen-bond donors (Lipinski definition) is 1. The van der Waals surface area contributed by atoms with Gasteiger partial charge in [-0.05, 0) is 20.3 Å².